The molecule has 2 saturated carbocycles. The lowest BCUT2D eigenvalue weighted by Gasteiger charge is -2.51. The van der Waals surface area contributed by atoms with E-state index in [9.17, 15) is 14.7 Å². The van der Waals surface area contributed by atoms with Crippen LogP contribution >= 0.6 is 0 Å². The van der Waals surface area contributed by atoms with Crippen molar-refractivity contribution >= 4 is 11.9 Å². The predicted molar refractivity (Wildman–Crippen MR) is 129 cm³/mol. The van der Waals surface area contributed by atoms with Gasteiger partial charge in [-0.15, -0.1) is 0 Å². The zero-order valence-corrected chi connectivity index (χ0v) is 20.4. The van der Waals surface area contributed by atoms with Gasteiger partial charge in [0.25, 0.3) is 0 Å². The van der Waals surface area contributed by atoms with E-state index in [-0.39, 0.29) is 42.2 Å². The Hall–Kier alpha value is -2.12. The summed E-state index contributed by atoms with van der Waals surface area (Å²) in [5.74, 6) is 0.386. The number of urea groups is 1. The lowest BCUT2D eigenvalue weighted by Crippen LogP contribution is -2.56. The fourth-order valence-electron chi connectivity index (χ4n) is 6.05. The van der Waals surface area contributed by atoms with E-state index in [1.807, 2.05) is 0 Å². The Kier molecular flexibility index (Phi) is 7.01. The number of hydrogen-bond donors (Lipinski definition) is 2. The maximum atomic E-state index is 13.5. The highest BCUT2D eigenvalue weighted by atomic mass is 16.3. The number of aliphatic hydroxyl groups is 1. The van der Waals surface area contributed by atoms with E-state index in [0.717, 1.165) is 32.2 Å². The minimum absolute atomic E-state index is 0.00534. The third-order valence-electron chi connectivity index (χ3n) is 8.42. The fourth-order valence-corrected chi connectivity index (χ4v) is 6.05. The van der Waals surface area contributed by atoms with Crippen molar-refractivity contribution in [3.63, 3.8) is 0 Å². The zero-order chi connectivity index (χ0) is 23.6. The molecule has 1 aromatic rings. The number of amides is 3. The van der Waals surface area contributed by atoms with Gasteiger partial charge in [-0.3, -0.25) is 9.69 Å². The van der Waals surface area contributed by atoms with E-state index >= 15 is 0 Å². The SMILES string of the molecule is C[C@@H](CO)NC(=O)CN1C[C@]2(CC[C@@](c3ccccc3)(N(C)C)CC2)N(CC2CCC2)C1=O. The van der Waals surface area contributed by atoms with E-state index in [0.29, 0.717) is 12.5 Å². The quantitative estimate of drug-likeness (QED) is 0.631. The van der Waals surface area contributed by atoms with Crippen LogP contribution in [0.25, 0.3) is 0 Å². The molecule has 1 heterocycles. The monoisotopic (exact) mass is 456 g/mol. The van der Waals surface area contributed by atoms with Gasteiger partial charge < -0.3 is 20.2 Å². The zero-order valence-electron chi connectivity index (χ0n) is 20.4. The molecule has 1 aromatic carbocycles. The first-order valence-electron chi connectivity index (χ1n) is 12.5. The van der Waals surface area contributed by atoms with Gasteiger partial charge in [0.2, 0.25) is 5.91 Å². The van der Waals surface area contributed by atoms with E-state index in [4.69, 9.17) is 0 Å². The Morgan fingerprint density at radius 1 is 1.18 bits per heavy atom. The minimum Gasteiger partial charge on any atom is -0.394 e. The van der Waals surface area contributed by atoms with Crippen molar-refractivity contribution in [3.05, 3.63) is 35.9 Å². The number of benzene rings is 1. The van der Waals surface area contributed by atoms with Crippen LogP contribution in [-0.4, -0.2) is 83.7 Å². The summed E-state index contributed by atoms with van der Waals surface area (Å²) in [7, 11) is 4.33. The summed E-state index contributed by atoms with van der Waals surface area (Å²) in [6.07, 6.45) is 7.48. The number of hydrogen-bond acceptors (Lipinski definition) is 4. The molecule has 0 bridgehead atoms. The highest BCUT2D eigenvalue weighted by Gasteiger charge is 2.55. The standard InChI is InChI=1S/C26H40N4O3/c1-20(18-31)27-23(32)17-29-19-25(30(24(29)33)16-21-8-7-9-21)12-14-26(15-13-25,28(2)3)22-10-5-4-6-11-22/h4-6,10-11,20-21,31H,7-9,12-19H2,1-3H3,(H,27,32)/t20-,25-,26-/m0/s1. The lowest BCUT2D eigenvalue weighted by molar-refractivity contribution is -0.122. The Bertz CT molecular complexity index is 831. The van der Waals surface area contributed by atoms with Crippen molar-refractivity contribution in [2.24, 2.45) is 5.92 Å². The van der Waals surface area contributed by atoms with Crippen molar-refractivity contribution in [2.75, 3.05) is 40.3 Å². The highest BCUT2D eigenvalue weighted by molar-refractivity contribution is 5.86. The lowest BCUT2D eigenvalue weighted by atomic mass is 9.68. The summed E-state index contributed by atoms with van der Waals surface area (Å²) in [4.78, 5) is 32.3. The summed E-state index contributed by atoms with van der Waals surface area (Å²) in [6, 6.07) is 10.4. The van der Waals surface area contributed by atoms with Crippen molar-refractivity contribution in [1.82, 2.24) is 20.0 Å². The van der Waals surface area contributed by atoms with Crippen LogP contribution in [0.5, 0.6) is 0 Å². The Balaban J connectivity index is 1.54. The average Bonchev–Trinajstić information content (AvgIpc) is 3.02. The highest BCUT2D eigenvalue weighted by Crippen LogP contribution is 2.49. The summed E-state index contributed by atoms with van der Waals surface area (Å²) in [6.45, 7) is 3.13. The number of aliphatic hydroxyl groups excluding tert-OH is 1. The molecule has 1 atom stereocenters. The van der Waals surface area contributed by atoms with E-state index < -0.39 is 0 Å². The number of nitrogens with zero attached hydrogens (tertiary/aromatic N) is 3. The molecule has 1 saturated heterocycles. The van der Waals surface area contributed by atoms with Gasteiger partial charge in [0.05, 0.1) is 12.1 Å². The summed E-state index contributed by atoms with van der Waals surface area (Å²) < 4.78 is 0. The molecule has 1 aliphatic heterocycles. The van der Waals surface area contributed by atoms with Gasteiger partial charge in [-0.05, 0) is 71.0 Å². The molecule has 4 rings (SSSR count). The van der Waals surface area contributed by atoms with Gasteiger partial charge in [0.1, 0.15) is 6.54 Å². The first-order chi connectivity index (χ1) is 15.8. The van der Waals surface area contributed by atoms with E-state index in [1.54, 1.807) is 11.8 Å². The summed E-state index contributed by atoms with van der Waals surface area (Å²) in [5.41, 5.74) is 1.11. The molecule has 3 fully saturated rings. The second kappa shape index (κ2) is 9.63. The molecule has 33 heavy (non-hydrogen) atoms. The van der Waals surface area contributed by atoms with Gasteiger partial charge in [0.15, 0.2) is 0 Å². The molecule has 2 aliphatic carbocycles. The predicted octanol–water partition coefficient (Wildman–Crippen LogP) is 2.79. The average molecular weight is 457 g/mol. The number of carbonyl (C=O) groups is 2. The minimum atomic E-state index is -0.309. The normalized spacial score (nSPS) is 28.9. The van der Waals surface area contributed by atoms with Crippen LogP contribution in [0, 0.1) is 5.92 Å². The first-order valence-corrected chi connectivity index (χ1v) is 12.5. The second-order valence-electron chi connectivity index (χ2n) is 10.7. The molecule has 7 heteroatoms. The van der Waals surface area contributed by atoms with Crippen LogP contribution in [0.15, 0.2) is 30.3 Å². The first kappa shape index (κ1) is 24.0. The molecule has 2 N–H and O–H groups in total. The Morgan fingerprint density at radius 2 is 1.85 bits per heavy atom. The molecule has 1 spiro atoms. The van der Waals surface area contributed by atoms with Crippen molar-refractivity contribution in [3.8, 4) is 0 Å². The Labute approximate surface area is 198 Å². The van der Waals surface area contributed by atoms with Gasteiger partial charge in [0, 0.05) is 24.7 Å². The molecule has 0 aromatic heterocycles. The van der Waals surface area contributed by atoms with Gasteiger partial charge >= 0.3 is 6.03 Å². The van der Waals surface area contributed by atoms with Gasteiger partial charge in [-0.25, -0.2) is 4.79 Å². The molecule has 7 nitrogen and oxygen atoms in total. The molecular formula is C26H40N4O3. The van der Waals surface area contributed by atoms with Crippen molar-refractivity contribution in [1.29, 1.82) is 0 Å². The summed E-state index contributed by atoms with van der Waals surface area (Å²) in [5, 5.41) is 12.0. The smallest absolute Gasteiger partial charge is 0.321 e. The topological polar surface area (TPSA) is 76.1 Å². The molecular weight excluding hydrogens is 416 g/mol. The fraction of sp³-hybridized carbons (Fsp3) is 0.692. The van der Waals surface area contributed by atoms with Crippen LogP contribution in [0.4, 0.5) is 4.79 Å². The van der Waals surface area contributed by atoms with Crippen molar-refractivity contribution in [2.45, 2.75) is 69.0 Å². The van der Waals surface area contributed by atoms with Crippen LogP contribution < -0.4 is 5.32 Å². The van der Waals surface area contributed by atoms with Gasteiger partial charge in [-0.2, -0.15) is 0 Å². The number of nitrogens with one attached hydrogen (secondary N) is 1. The molecule has 182 valence electrons. The maximum absolute atomic E-state index is 13.5. The third kappa shape index (κ3) is 4.62. The summed E-state index contributed by atoms with van der Waals surface area (Å²) >= 11 is 0. The van der Waals surface area contributed by atoms with Gasteiger partial charge in [-0.1, -0.05) is 36.8 Å². The van der Waals surface area contributed by atoms with E-state index in [1.165, 1.54) is 24.8 Å². The van der Waals surface area contributed by atoms with Crippen LogP contribution in [0.3, 0.4) is 0 Å². The molecule has 0 radical (unpaired) electrons. The van der Waals surface area contributed by atoms with E-state index in [2.05, 4.69) is 59.5 Å². The van der Waals surface area contributed by atoms with Crippen LogP contribution in [-0.2, 0) is 10.3 Å². The molecule has 3 aliphatic rings. The maximum Gasteiger partial charge on any atom is 0.321 e. The Morgan fingerprint density at radius 3 is 2.39 bits per heavy atom. The van der Waals surface area contributed by atoms with Crippen LogP contribution in [0.1, 0.15) is 57.4 Å². The number of rotatable bonds is 8. The molecule has 0 unspecified atom stereocenters. The van der Waals surface area contributed by atoms with Crippen LogP contribution in [0.2, 0.25) is 0 Å². The third-order valence-corrected chi connectivity index (χ3v) is 8.42. The second-order valence-corrected chi connectivity index (χ2v) is 10.7. The molecule has 3 amide bonds. The number of carbonyl (C=O) groups excluding carboxylic acids is 2. The largest absolute Gasteiger partial charge is 0.394 e. The van der Waals surface area contributed by atoms with Crippen molar-refractivity contribution < 1.29 is 14.7 Å².